The zero-order chi connectivity index (χ0) is 30.6. The van der Waals surface area contributed by atoms with Gasteiger partial charge in [-0.25, -0.2) is 9.59 Å². The highest BCUT2D eigenvalue weighted by atomic mass is 32.2. The first-order chi connectivity index (χ1) is 20.6. The number of alkyl carbamates (subject to hydrolysis) is 1. The summed E-state index contributed by atoms with van der Waals surface area (Å²) in [6, 6.07) is 18.2. The molecule has 3 aliphatic rings. The monoisotopic (exact) mass is 617 g/mol. The van der Waals surface area contributed by atoms with Crippen molar-refractivity contribution in [2.45, 2.75) is 43.9 Å². The molecule has 0 aliphatic carbocycles. The van der Waals surface area contributed by atoms with Gasteiger partial charge in [-0.15, -0.1) is 11.8 Å². The number of amides is 2. The van der Waals surface area contributed by atoms with Gasteiger partial charge < -0.3 is 19.7 Å². The number of β-lactam (4-membered cyclic amide) rings is 1. The van der Waals surface area contributed by atoms with Crippen LogP contribution in [0, 0.1) is 0 Å². The third kappa shape index (κ3) is 7.19. The topological polar surface area (TPSA) is 88.2 Å². The van der Waals surface area contributed by atoms with Gasteiger partial charge in [0, 0.05) is 19.3 Å². The van der Waals surface area contributed by atoms with Crippen molar-refractivity contribution in [3.63, 3.8) is 0 Å². The lowest BCUT2D eigenvalue weighted by atomic mass is 10.0. The van der Waals surface area contributed by atoms with E-state index in [1.807, 2.05) is 91.3 Å². The molecule has 2 aromatic carbocycles. The van der Waals surface area contributed by atoms with Crippen LogP contribution in [0.3, 0.4) is 0 Å². The van der Waals surface area contributed by atoms with Crippen LogP contribution >= 0.6 is 23.5 Å². The molecule has 1 N–H and O–H groups in total. The van der Waals surface area contributed by atoms with Crippen molar-refractivity contribution in [2.75, 3.05) is 19.3 Å². The lowest BCUT2D eigenvalue weighted by molar-refractivity contribution is -0.153. The van der Waals surface area contributed by atoms with E-state index >= 15 is 0 Å². The van der Waals surface area contributed by atoms with Crippen LogP contribution in [0.25, 0.3) is 0 Å². The van der Waals surface area contributed by atoms with Crippen LogP contribution in [-0.2, 0) is 19.1 Å². The van der Waals surface area contributed by atoms with Crippen LogP contribution in [0.2, 0.25) is 0 Å². The Balaban J connectivity index is 1.44. The summed E-state index contributed by atoms with van der Waals surface area (Å²) < 4.78 is 11.6. The predicted octanol–water partition coefficient (Wildman–Crippen LogP) is 5.97. The molecule has 0 bridgehead atoms. The van der Waals surface area contributed by atoms with Crippen molar-refractivity contribution < 1.29 is 23.9 Å². The molecular weight excluding hydrogens is 583 g/mol. The number of rotatable bonds is 8. The van der Waals surface area contributed by atoms with Crippen molar-refractivity contribution in [3.8, 4) is 0 Å². The largest absolute Gasteiger partial charge is 0.448 e. The van der Waals surface area contributed by atoms with Crippen LogP contribution in [0.4, 0.5) is 4.79 Å². The smallest absolute Gasteiger partial charge is 0.408 e. The van der Waals surface area contributed by atoms with Gasteiger partial charge in [-0.3, -0.25) is 9.69 Å². The number of nitrogens with zero attached hydrogens (tertiary/aromatic N) is 2. The summed E-state index contributed by atoms with van der Waals surface area (Å²) in [6.07, 6.45) is 6.66. The number of hydrogen-bond acceptors (Lipinski definition) is 8. The number of allylic oxidation sites excluding steroid dienone is 3. The Morgan fingerprint density at radius 3 is 2.33 bits per heavy atom. The van der Waals surface area contributed by atoms with Gasteiger partial charge in [-0.05, 0) is 55.0 Å². The first-order valence-electron chi connectivity index (χ1n) is 14.0. The molecule has 0 radical (unpaired) electrons. The van der Waals surface area contributed by atoms with E-state index in [1.54, 1.807) is 20.8 Å². The minimum atomic E-state index is -0.811. The Morgan fingerprint density at radius 1 is 1.07 bits per heavy atom. The molecule has 1 saturated heterocycles. The molecule has 2 amide bonds. The van der Waals surface area contributed by atoms with Crippen LogP contribution in [0.5, 0.6) is 0 Å². The minimum Gasteiger partial charge on any atom is -0.448 e. The average molecular weight is 618 g/mol. The maximum atomic E-state index is 14.1. The highest BCUT2D eigenvalue weighted by molar-refractivity contribution is 8.05. The van der Waals surface area contributed by atoms with Gasteiger partial charge in [0.2, 0.25) is 0 Å². The number of carbonyl (C=O) groups excluding carboxylic acids is 3. The first-order valence-corrected chi connectivity index (χ1v) is 15.9. The van der Waals surface area contributed by atoms with E-state index in [9.17, 15) is 14.4 Å². The van der Waals surface area contributed by atoms with E-state index in [1.165, 1.54) is 28.4 Å². The van der Waals surface area contributed by atoms with Crippen LogP contribution in [-0.4, -0.2) is 64.1 Å². The summed E-state index contributed by atoms with van der Waals surface area (Å²) in [5.74, 6) is -0.531. The zero-order valence-corrected chi connectivity index (χ0v) is 26.2. The fraction of sp³-hybridized carbons (Fsp3) is 0.303. The molecule has 43 heavy (non-hydrogen) atoms. The fourth-order valence-corrected chi connectivity index (χ4v) is 6.95. The number of likely N-dealkylation sites (N-methyl/N-ethyl adjacent to an activating group) is 1. The molecule has 0 aromatic heterocycles. The number of ether oxygens (including phenoxy) is 2. The number of fused-ring (bicyclic) bond motifs is 1. The molecule has 3 aliphatic heterocycles. The van der Waals surface area contributed by atoms with E-state index in [2.05, 4.69) is 16.3 Å². The SMILES string of the molecule is CN1CC=CC=C1SC=CC1=C(C(=O)OC(c2ccccc2)c2ccccc2)N2C(=O)C(NC(=O)OC(C)(C)C)[C@@H]2SC1. The summed E-state index contributed by atoms with van der Waals surface area (Å²) in [7, 11) is 2.02. The van der Waals surface area contributed by atoms with Gasteiger partial charge in [0.15, 0.2) is 6.10 Å². The Bertz CT molecular complexity index is 1440. The third-order valence-electron chi connectivity index (χ3n) is 6.88. The zero-order valence-electron chi connectivity index (χ0n) is 24.6. The molecule has 2 aromatic rings. The number of esters is 1. The molecule has 2 atom stereocenters. The van der Waals surface area contributed by atoms with E-state index in [0.717, 1.165) is 22.7 Å². The van der Waals surface area contributed by atoms with Crippen LogP contribution in [0.1, 0.15) is 38.0 Å². The van der Waals surface area contributed by atoms with Crippen molar-refractivity contribution in [3.05, 3.63) is 118 Å². The average Bonchev–Trinajstić information content (AvgIpc) is 2.99. The quantitative estimate of drug-likeness (QED) is 0.286. The fourth-order valence-electron chi connectivity index (χ4n) is 4.84. The summed E-state index contributed by atoms with van der Waals surface area (Å²) >= 11 is 3.02. The van der Waals surface area contributed by atoms with E-state index in [4.69, 9.17) is 9.47 Å². The highest BCUT2D eigenvalue weighted by Crippen LogP contribution is 2.42. The molecule has 1 unspecified atom stereocenters. The Morgan fingerprint density at radius 2 is 1.72 bits per heavy atom. The molecule has 0 spiro atoms. The maximum absolute atomic E-state index is 14.1. The van der Waals surface area contributed by atoms with E-state index in [-0.39, 0.29) is 11.6 Å². The standard InChI is InChI=1S/C33H35N3O5S2/c1-33(2,3)41-32(39)34-26-29(37)36-27(24(21-43-30(26)36)18-20-42-25-17-11-12-19-35(25)4)31(38)40-28(22-13-7-5-8-14-22)23-15-9-6-10-16-23/h5-18,20,26,28,30H,19,21H2,1-4H3,(H,34,39)/t26?,30-/m0/s1. The van der Waals surface area contributed by atoms with Gasteiger partial charge in [-0.1, -0.05) is 84.6 Å². The first kappa shape index (κ1) is 30.6. The summed E-state index contributed by atoms with van der Waals surface area (Å²) in [6.45, 7) is 6.10. The number of carbonyl (C=O) groups is 3. The molecule has 224 valence electrons. The predicted molar refractivity (Wildman–Crippen MR) is 171 cm³/mol. The van der Waals surface area contributed by atoms with Gasteiger partial charge >= 0.3 is 12.1 Å². The van der Waals surface area contributed by atoms with E-state index in [0.29, 0.717) is 11.3 Å². The number of thioether (sulfide) groups is 2. The maximum Gasteiger partial charge on any atom is 0.408 e. The van der Waals surface area contributed by atoms with Crippen molar-refractivity contribution >= 4 is 41.5 Å². The second-order valence-electron chi connectivity index (χ2n) is 11.2. The molecule has 3 heterocycles. The summed E-state index contributed by atoms with van der Waals surface area (Å²) in [5, 5.41) is 5.23. The van der Waals surface area contributed by atoms with Crippen molar-refractivity contribution in [2.24, 2.45) is 0 Å². The molecule has 0 saturated carbocycles. The van der Waals surface area contributed by atoms with Gasteiger partial charge in [-0.2, -0.15) is 0 Å². The molecule has 5 rings (SSSR count). The lowest BCUT2D eigenvalue weighted by Crippen LogP contribution is -2.70. The van der Waals surface area contributed by atoms with Gasteiger partial charge in [0.1, 0.15) is 22.7 Å². The van der Waals surface area contributed by atoms with Gasteiger partial charge in [0.25, 0.3) is 5.91 Å². The Hall–Kier alpha value is -3.89. The number of hydrogen-bond donors (Lipinski definition) is 1. The number of nitrogens with one attached hydrogen (secondary N) is 1. The Labute approximate surface area is 260 Å². The van der Waals surface area contributed by atoms with Crippen LogP contribution in [0.15, 0.2) is 107 Å². The van der Waals surface area contributed by atoms with Gasteiger partial charge in [0.05, 0.1) is 5.03 Å². The third-order valence-corrected chi connectivity index (χ3v) is 9.14. The van der Waals surface area contributed by atoms with Crippen LogP contribution < -0.4 is 5.32 Å². The Kier molecular flexibility index (Phi) is 9.37. The van der Waals surface area contributed by atoms with E-state index < -0.39 is 35.2 Å². The highest BCUT2D eigenvalue weighted by Gasteiger charge is 2.54. The molecular formula is C33H35N3O5S2. The summed E-state index contributed by atoms with van der Waals surface area (Å²) in [4.78, 5) is 43.6. The summed E-state index contributed by atoms with van der Waals surface area (Å²) in [5.41, 5.74) is 1.80. The minimum absolute atomic E-state index is 0.190. The second-order valence-corrected chi connectivity index (χ2v) is 13.3. The lowest BCUT2D eigenvalue weighted by Gasteiger charge is -2.49. The molecule has 1 fully saturated rings. The molecule has 10 heteroatoms. The van der Waals surface area contributed by atoms with Crippen molar-refractivity contribution in [1.82, 2.24) is 15.1 Å². The number of benzene rings is 2. The molecule has 8 nitrogen and oxygen atoms in total. The normalized spacial score (nSPS) is 20.1. The second kappa shape index (κ2) is 13.2. The van der Waals surface area contributed by atoms with Crippen molar-refractivity contribution in [1.29, 1.82) is 0 Å².